The number of fused-ring (bicyclic) bond motifs is 1. The minimum Gasteiger partial charge on any atom is -0.334 e. The van der Waals surface area contributed by atoms with Gasteiger partial charge in [-0.3, -0.25) is 0 Å². The van der Waals surface area contributed by atoms with E-state index in [-0.39, 0.29) is 6.04 Å². The highest BCUT2D eigenvalue weighted by Gasteiger charge is 2.15. The van der Waals surface area contributed by atoms with Crippen molar-refractivity contribution in [3.8, 4) is 22.8 Å². The zero-order chi connectivity index (χ0) is 16.7. The van der Waals surface area contributed by atoms with Crippen LogP contribution in [0.4, 0.5) is 0 Å². The van der Waals surface area contributed by atoms with Crippen LogP contribution in [0, 0.1) is 6.92 Å². The molecule has 120 valence electrons. The third-order valence-corrected chi connectivity index (χ3v) is 3.86. The van der Waals surface area contributed by atoms with E-state index in [2.05, 4.69) is 25.4 Å². The maximum Gasteiger partial charge on any atom is 0.259 e. The summed E-state index contributed by atoms with van der Waals surface area (Å²) >= 11 is 0. The van der Waals surface area contributed by atoms with Crippen LogP contribution in [0.25, 0.3) is 34.0 Å². The first-order valence-electron chi connectivity index (χ1n) is 7.74. The van der Waals surface area contributed by atoms with Gasteiger partial charge in [0.1, 0.15) is 5.52 Å². The smallest absolute Gasteiger partial charge is 0.259 e. The van der Waals surface area contributed by atoms with Gasteiger partial charge >= 0.3 is 0 Å². The van der Waals surface area contributed by atoms with Crippen LogP contribution < -0.4 is 0 Å². The summed E-state index contributed by atoms with van der Waals surface area (Å²) in [6.45, 7) is 6.09. The second-order valence-electron chi connectivity index (χ2n) is 5.93. The molecule has 0 aliphatic heterocycles. The van der Waals surface area contributed by atoms with E-state index >= 15 is 0 Å². The Balaban J connectivity index is 1.75. The molecule has 7 nitrogen and oxygen atoms in total. The van der Waals surface area contributed by atoms with Gasteiger partial charge in [-0.15, -0.1) is 5.10 Å². The molecule has 3 heterocycles. The van der Waals surface area contributed by atoms with Crippen molar-refractivity contribution in [1.82, 2.24) is 30.1 Å². The molecule has 0 aliphatic rings. The number of benzene rings is 1. The summed E-state index contributed by atoms with van der Waals surface area (Å²) in [5, 5.41) is 12.4. The van der Waals surface area contributed by atoms with Crippen LogP contribution >= 0.6 is 0 Å². The van der Waals surface area contributed by atoms with Crippen LogP contribution in [-0.2, 0) is 0 Å². The van der Waals surface area contributed by atoms with Gasteiger partial charge in [-0.25, -0.2) is 9.67 Å². The average Bonchev–Trinajstić information content (AvgIpc) is 3.21. The topological polar surface area (TPSA) is 82.5 Å². The number of aryl methyl sites for hydroxylation is 1. The Morgan fingerprint density at radius 1 is 1.17 bits per heavy atom. The van der Waals surface area contributed by atoms with E-state index in [1.54, 1.807) is 10.9 Å². The number of pyridine rings is 1. The summed E-state index contributed by atoms with van der Waals surface area (Å²) < 4.78 is 7.19. The minimum atomic E-state index is 0.199. The molecule has 4 rings (SSSR count). The van der Waals surface area contributed by atoms with Crippen LogP contribution in [0.3, 0.4) is 0 Å². The second kappa shape index (κ2) is 5.52. The summed E-state index contributed by atoms with van der Waals surface area (Å²) in [7, 11) is 0. The highest BCUT2D eigenvalue weighted by atomic mass is 16.5. The molecule has 0 bridgehead atoms. The molecule has 7 heteroatoms. The van der Waals surface area contributed by atoms with Crippen molar-refractivity contribution in [3.63, 3.8) is 0 Å². The first-order valence-corrected chi connectivity index (χ1v) is 7.74. The van der Waals surface area contributed by atoms with Gasteiger partial charge in [-0.1, -0.05) is 34.6 Å². The third kappa shape index (κ3) is 2.34. The molecule has 0 saturated carbocycles. The Kier molecular flexibility index (Phi) is 3.34. The van der Waals surface area contributed by atoms with Crippen LogP contribution in [0.15, 0.2) is 41.1 Å². The zero-order valence-electron chi connectivity index (χ0n) is 13.6. The lowest BCUT2D eigenvalue weighted by atomic mass is 10.1. The molecule has 0 spiro atoms. The van der Waals surface area contributed by atoms with Gasteiger partial charge in [0.2, 0.25) is 5.82 Å². The maximum atomic E-state index is 5.41. The normalized spacial score (nSPS) is 11.5. The first kappa shape index (κ1) is 14.5. The SMILES string of the molecule is Cc1ccccc1-c1noc(-c2cnc3c(c2)nnn3C(C)C)n1. The number of hydrogen-bond acceptors (Lipinski definition) is 6. The molecule has 3 aromatic heterocycles. The molecule has 0 N–H and O–H groups in total. The number of hydrogen-bond donors (Lipinski definition) is 0. The summed E-state index contributed by atoms with van der Waals surface area (Å²) in [5.41, 5.74) is 4.22. The predicted octanol–water partition coefficient (Wildman–Crippen LogP) is 3.43. The molecule has 0 fully saturated rings. The Hall–Kier alpha value is -3.09. The zero-order valence-corrected chi connectivity index (χ0v) is 13.6. The fourth-order valence-corrected chi connectivity index (χ4v) is 2.57. The first-order chi connectivity index (χ1) is 11.6. The van der Waals surface area contributed by atoms with Gasteiger partial charge in [0, 0.05) is 11.8 Å². The van der Waals surface area contributed by atoms with Crippen molar-refractivity contribution in [3.05, 3.63) is 42.1 Å². The van der Waals surface area contributed by atoms with Gasteiger partial charge < -0.3 is 4.52 Å². The van der Waals surface area contributed by atoms with Gasteiger partial charge in [0.05, 0.1) is 11.6 Å². The summed E-state index contributed by atoms with van der Waals surface area (Å²) in [6.07, 6.45) is 1.71. The van der Waals surface area contributed by atoms with Gasteiger partial charge in [-0.2, -0.15) is 4.98 Å². The highest BCUT2D eigenvalue weighted by Crippen LogP contribution is 2.25. The number of aromatic nitrogens is 6. The van der Waals surface area contributed by atoms with E-state index in [1.165, 1.54) is 0 Å². The van der Waals surface area contributed by atoms with Crippen LogP contribution in [-0.4, -0.2) is 30.1 Å². The lowest BCUT2D eigenvalue weighted by Gasteiger charge is -2.03. The fraction of sp³-hybridized carbons (Fsp3) is 0.235. The molecule has 4 aromatic rings. The predicted molar refractivity (Wildman–Crippen MR) is 89.2 cm³/mol. The van der Waals surface area contributed by atoms with Gasteiger partial charge in [0.15, 0.2) is 5.65 Å². The molecule has 0 saturated heterocycles. The largest absolute Gasteiger partial charge is 0.334 e. The van der Waals surface area contributed by atoms with Crippen molar-refractivity contribution in [2.75, 3.05) is 0 Å². The van der Waals surface area contributed by atoms with Crippen LogP contribution in [0.1, 0.15) is 25.5 Å². The van der Waals surface area contributed by atoms with Crippen molar-refractivity contribution in [2.24, 2.45) is 0 Å². The second-order valence-corrected chi connectivity index (χ2v) is 5.93. The standard InChI is InChI=1S/C17H16N6O/c1-10(2)23-16-14(20-22-23)8-12(9-18-16)17-19-15(21-24-17)13-7-5-4-6-11(13)3/h4-10H,1-3H3. The molecule has 0 amide bonds. The quantitative estimate of drug-likeness (QED) is 0.575. The lowest BCUT2D eigenvalue weighted by Crippen LogP contribution is -2.03. The Bertz CT molecular complexity index is 1020. The van der Waals surface area contributed by atoms with E-state index in [1.807, 2.05) is 51.1 Å². The molecule has 1 aromatic carbocycles. The van der Waals surface area contributed by atoms with Gasteiger partial charge in [-0.05, 0) is 32.4 Å². The average molecular weight is 320 g/mol. The van der Waals surface area contributed by atoms with Crippen LogP contribution in [0.5, 0.6) is 0 Å². The minimum absolute atomic E-state index is 0.199. The van der Waals surface area contributed by atoms with Crippen molar-refractivity contribution >= 4 is 11.2 Å². The number of nitrogens with zero attached hydrogens (tertiary/aromatic N) is 6. The van der Waals surface area contributed by atoms with Crippen molar-refractivity contribution < 1.29 is 4.52 Å². The molecular weight excluding hydrogens is 304 g/mol. The van der Waals surface area contributed by atoms with Gasteiger partial charge in [0.25, 0.3) is 5.89 Å². The molecular formula is C17H16N6O. The summed E-state index contributed by atoms with van der Waals surface area (Å²) in [4.78, 5) is 8.94. The van der Waals surface area contributed by atoms with E-state index in [9.17, 15) is 0 Å². The van der Waals surface area contributed by atoms with E-state index < -0.39 is 0 Å². The maximum absolute atomic E-state index is 5.41. The molecule has 0 radical (unpaired) electrons. The van der Waals surface area contributed by atoms with Crippen molar-refractivity contribution in [1.29, 1.82) is 0 Å². The fourth-order valence-electron chi connectivity index (χ4n) is 2.57. The van der Waals surface area contributed by atoms with Crippen LogP contribution in [0.2, 0.25) is 0 Å². The molecule has 24 heavy (non-hydrogen) atoms. The Morgan fingerprint density at radius 3 is 2.79 bits per heavy atom. The third-order valence-electron chi connectivity index (χ3n) is 3.86. The molecule has 0 unspecified atom stereocenters. The monoisotopic (exact) mass is 320 g/mol. The molecule has 0 aliphatic carbocycles. The Labute approximate surface area is 138 Å². The summed E-state index contributed by atoms with van der Waals surface area (Å²) in [5.74, 6) is 0.982. The van der Waals surface area contributed by atoms with E-state index in [4.69, 9.17) is 4.52 Å². The number of rotatable bonds is 3. The Morgan fingerprint density at radius 2 is 2.00 bits per heavy atom. The van der Waals surface area contributed by atoms with Crippen molar-refractivity contribution in [2.45, 2.75) is 26.8 Å². The highest BCUT2D eigenvalue weighted by molar-refractivity contribution is 5.75. The van der Waals surface area contributed by atoms with E-state index in [0.717, 1.165) is 22.3 Å². The lowest BCUT2D eigenvalue weighted by molar-refractivity contribution is 0.432. The summed E-state index contributed by atoms with van der Waals surface area (Å²) in [6, 6.07) is 9.99. The molecule has 0 atom stereocenters. The van der Waals surface area contributed by atoms with E-state index in [0.29, 0.717) is 17.2 Å².